The lowest BCUT2D eigenvalue weighted by Crippen LogP contribution is -2.31. The second-order valence-electron chi connectivity index (χ2n) is 7.53. The van der Waals surface area contributed by atoms with Crippen molar-refractivity contribution in [2.24, 2.45) is 11.7 Å². The number of nitrogens with zero attached hydrogens (tertiary/aromatic N) is 4. The maximum atomic E-state index is 12.5. The molecule has 1 aromatic heterocycles. The molecule has 2 aromatic rings. The normalized spacial score (nSPS) is 19.3. The Labute approximate surface area is 160 Å². The van der Waals surface area contributed by atoms with Gasteiger partial charge in [0.2, 0.25) is 0 Å². The summed E-state index contributed by atoms with van der Waals surface area (Å²) in [5.74, 6) is 1.50. The number of carbonyl (C=O) groups excluding carboxylic acids is 1. The fourth-order valence-corrected chi connectivity index (χ4v) is 3.47. The van der Waals surface area contributed by atoms with E-state index in [0.29, 0.717) is 37.7 Å². The molecular weight excluding hydrogens is 338 g/mol. The summed E-state index contributed by atoms with van der Waals surface area (Å²) in [5.41, 5.74) is 8.88. The van der Waals surface area contributed by atoms with Gasteiger partial charge in [-0.05, 0) is 29.2 Å². The number of benzene rings is 1. The fraction of sp³-hybridized carbons (Fsp3) is 0.429. The molecule has 27 heavy (non-hydrogen) atoms. The van der Waals surface area contributed by atoms with Crippen molar-refractivity contribution < 1.29 is 4.79 Å². The topological polar surface area (TPSA) is 95.9 Å². The van der Waals surface area contributed by atoms with Crippen LogP contribution in [0.25, 0.3) is 0 Å². The van der Waals surface area contributed by atoms with Gasteiger partial charge in [-0.2, -0.15) is 5.26 Å². The Bertz CT molecular complexity index is 823. The molecule has 6 heteroatoms. The van der Waals surface area contributed by atoms with Crippen LogP contribution in [0.15, 0.2) is 36.4 Å². The summed E-state index contributed by atoms with van der Waals surface area (Å²) >= 11 is 0. The molecule has 0 saturated carbocycles. The molecule has 1 aromatic carbocycles. The standard InChI is InChI=1S/C21H25N5O/c1-14(2)16-5-3-15(4-6-16)9-19(27)10-17-12-26(13-20(17)23)21-8-7-18(11-22)24-25-21/h3-8,14,17,20H,9-10,12-13,23H2,1-2H3/t17?,20-/m1/s1. The van der Waals surface area contributed by atoms with Gasteiger partial charge in [-0.15, -0.1) is 10.2 Å². The van der Waals surface area contributed by atoms with Crippen LogP contribution >= 0.6 is 0 Å². The molecule has 0 radical (unpaired) electrons. The molecule has 0 amide bonds. The lowest BCUT2D eigenvalue weighted by Gasteiger charge is -2.16. The van der Waals surface area contributed by atoms with E-state index in [1.54, 1.807) is 12.1 Å². The minimum absolute atomic E-state index is 0.0743. The van der Waals surface area contributed by atoms with Crippen LogP contribution in [0.5, 0.6) is 0 Å². The predicted molar refractivity (Wildman–Crippen MR) is 104 cm³/mol. The number of hydrogen-bond donors (Lipinski definition) is 1. The summed E-state index contributed by atoms with van der Waals surface area (Å²) in [5, 5.41) is 16.8. The van der Waals surface area contributed by atoms with E-state index in [4.69, 9.17) is 11.0 Å². The maximum absolute atomic E-state index is 12.5. The number of aromatic nitrogens is 2. The van der Waals surface area contributed by atoms with Crippen LogP contribution in [0.4, 0.5) is 5.82 Å². The SMILES string of the molecule is CC(C)c1ccc(CC(=O)CC2CN(c3ccc(C#N)nn3)C[C@H]2N)cc1. The molecule has 2 heterocycles. The van der Waals surface area contributed by atoms with Gasteiger partial charge in [0.1, 0.15) is 11.9 Å². The number of hydrogen-bond acceptors (Lipinski definition) is 6. The number of rotatable bonds is 6. The highest BCUT2D eigenvalue weighted by Gasteiger charge is 2.32. The molecule has 1 saturated heterocycles. The van der Waals surface area contributed by atoms with Gasteiger partial charge >= 0.3 is 0 Å². The molecule has 2 atom stereocenters. The first-order chi connectivity index (χ1) is 13.0. The molecule has 3 rings (SSSR count). The van der Waals surface area contributed by atoms with Gasteiger partial charge in [0.05, 0.1) is 0 Å². The second-order valence-corrected chi connectivity index (χ2v) is 7.53. The molecule has 2 N–H and O–H groups in total. The predicted octanol–water partition coefficient (Wildman–Crippen LogP) is 2.44. The summed E-state index contributed by atoms with van der Waals surface area (Å²) < 4.78 is 0. The summed E-state index contributed by atoms with van der Waals surface area (Å²) in [6.45, 7) is 5.64. The van der Waals surface area contributed by atoms with E-state index in [9.17, 15) is 4.79 Å². The zero-order valence-electron chi connectivity index (χ0n) is 15.8. The molecule has 0 bridgehead atoms. The average Bonchev–Trinajstić information content (AvgIpc) is 3.02. The van der Waals surface area contributed by atoms with Crippen molar-refractivity contribution in [1.29, 1.82) is 5.26 Å². The Balaban J connectivity index is 1.56. The van der Waals surface area contributed by atoms with Crippen LogP contribution < -0.4 is 10.6 Å². The van der Waals surface area contributed by atoms with Crippen molar-refractivity contribution in [3.63, 3.8) is 0 Å². The van der Waals surface area contributed by atoms with E-state index < -0.39 is 0 Å². The average molecular weight is 363 g/mol. The molecule has 0 aliphatic carbocycles. The largest absolute Gasteiger partial charge is 0.353 e. The van der Waals surface area contributed by atoms with Gasteiger partial charge in [0.15, 0.2) is 11.5 Å². The first-order valence-corrected chi connectivity index (χ1v) is 9.31. The Hall–Kier alpha value is -2.78. The minimum atomic E-state index is -0.0743. The smallest absolute Gasteiger partial charge is 0.163 e. The van der Waals surface area contributed by atoms with Gasteiger partial charge < -0.3 is 10.6 Å². The van der Waals surface area contributed by atoms with Crippen molar-refractivity contribution >= 4 is 11.6 Å². The van der Waals surface area contributed by atoms with Crippen LogP contribution in [0.1, 0.15) is 43.0 Å². The Kier molecular flexibility index (Phi) is 5.82. The third-order valence-electron chi connectivity index (χ3n) is 5.12. The lowest BCUT2D eigenvalue weighted by atomic mass is 9.94. The van der Waals surface area contributed by atoms with E-state index >= 15 is 0 Å². The molecular formula is C21H25N5O. The summed E-state index contributed by atoms with van der Waals surface area (Å²) in [6, 6.07) is 13.6. The van der Waals surface area contributed by atoms with Crippen LogP contribution in [-0.4, -0.2) is 35.1 Å². The monoisotopic (exact) mass is 363 g/mol. The van der Waals surface area contributed by atoms with Crippen molar-refractivity contribution in [1.82, 2.24) is 10.2 Å². The number of carbonyl (C=O) groups is 1. The number of nitriles is 1. The molecule has 1 aliphatic rings. The zero-order chi connectivity index (χ0) is 19.4. The molecule has 6 nitrogen and oxygen atoms in total. The third-order valence-corrected chi connectivity index (χ3v) is 5.12. The van der Waals surface area contributed by atoms with E-state index in [1.165, 1.54) is 5.56 Å². The van der Waals surface area contributed by atoms with Gasteiger partial charge in [-0.1, -0.05) is 38.1 Å². The van der Waals surface area contributed by atoms with E-state index in [0.717, 1.165) is 5.56 Å². The summed E-state index contributed by atoms with van der Waals surface area (Å²) in [6.07, 6.45) is 0.908. The van der Waals surface area contributed by atoms with Gasteiger partial charge in [-0.25, -0.2) is 0 Å². The summed E-state index contributed by atoms with van der Waals surface area (Å²) in [7, 11) is 0. The number of ketones is 1. The van der Waals surface area contributed by atoms with Gasteiger partial charge in [-0.3, -0.25) is 4.79 Å². The first kappa shape index (κ1) is 19.0. The highest BCUT2D eigenvalue weighted by atomic mass is 16.1. The second kappa shape index (κ2) is 8.28. The Morgan fingerprint density at radius 2 is 1.96 bits per heavy atom. The van der Waals surface area contributed by atoms with Crippen LogP contribution in [0.2, 0.25) is 0 Å². The first-order valence-electron chi connectivity index (χ1n) is 9.31. The van der Waals surface area contributed by atoms with Gasteiger partial charge in [0, 0.05) is 37.9 Å². The highest BCUT2D eigenvalue weighted by Crippen LogP contribution is 2.24. The van der Waals surface area contributed by atoms with Crippen LogP contribution in [0.3, 0.4) is 0 Å². The third kappa shape index (κ3) is 4.69. The number of anilines is 1. The zero-order valence-corrected chi connectivity index (χ0v) is 15.8. The highest BCUT2D eigenvalue weighted by molar-refractivity contribution is 5.81. The van der Waals surface area contributed by atoms with Crippen molar-refractivity contribution in [3.05, 3.63) is 53.2 Å². The molecule has 1 unspecified atom stereocenters. The van der Waals surface area contributed by atoms with Crippen molar-refractivity contribution in [3.8, 4) is 6.07 Å². The lowest BCUT2D eigenvalue weighted by molar-refractivity contribution is -0.119. The van der Waals surface area contributed by atoms with Gasteiger partial charge in [0.25, 0.3) is 0 Å². The van der Waals surface area contributed by atoms with Crippen molar-refractivity contribution in [2.45, 2.75) is 38.6 Å². The van der Waals surface area contributed by atoms with E-state index in [1.807, 2.05) is 23.1 Å². The quantitative estimate of drug-likeness (QED) is 0.847. The van der Waals surface area contributed by atoms with Crippen molar-refractivity contribution in [2.75, 3.05) is 18.0 Å². The number of nitrogens with two attached hydrogens (primary N) is 1. The van der Waals surface area contributed by atoms with Crippen LogP contribution in [-0.2, 0) is 11.2 Å². The maximum Gasteiger partial charge on any atom is 0.163 e. The minimum Gasteiger partial charge on any atom is -0.353 e. The Morgan fingerprint density at radius 1 is 1.22 bits per heavy atom. The number of Topliss-reactive ketones (excluding diaryl/α,β-unsaturated/α-hetero) is 1. The summed E-state index contributed by atoms with van der Waals surface area (Å²) in [4.78, 5) is 14.6. The fourth-order valence-electron chi connectivity index (χ4n) is 3.47. The molecule has 140 valence electrons. The molecule has 1 fully saturated rings. The van der Waals surface area contributed by atoms with E-state index in [-0.39, 0.29) is 23.4 Å². The molecule has 1 aliphatic heterocycles. The van der Waals surface area contributed by atoms with Crippen LogP contribution in [0, 0.1) is 17.2 Å². The Morgan fingerprint density at radius 3 is 2.56 bits per heavy atom. The molecule has 0 spiro atoms. The van der Waals surface area contributed by atoms with E-state index in [2.05, 4.69) is 36.2 Å².